The molecule has 0 aromatic carbocycles. The lowest BCUT2D eigenvalue weighted by Gasteiger charge is -2.31. The van der Waals surface area contributed by atoms with Gasteiger partial charge in [-0.15, -0.1) is 11.3 Å². The summed E-state index contributed by atoms with van der Waals surface area (Å²) in [5.74, 6) is 0.0635. The molecule has 0 radical (unpaired) electrons. The van der Waals surface area contributed by atoms with Crippen molar-refractivity contribution in [3.63, 3.8) is 0 Å². The third-order valence-electron chi connectivity index (χ3n) is 4.43. The minimum Gasteiger partial charge on any atom is -0.345 e. The quantitative estimate of drug-likeness (QED) is 0.871. The molecule has 0 bridgehead atoms. The molecule has 3 N–H and O–H groups in total. The van der Waals surface area contributed by atoms with Gasteiger partial charge in [-0.3, -0.25) is 4.79 Å². The van der Waals surface area contributed by atoms with Crippen LogP contribution in [0.5, 0.6) is 0 Å². The van der Waals surface area contributed by atoms with E-state index in [2.05, 4.69) is 19.2 Å². The highest BCUT2D eigenvalue weighted by Crippen LogP contribution is 2.30. The van der Waals surface area contributed by atoms with Gasteiger partial charge in [0.25, 0.3) is 5.91 Å². The molecule has 1 aromatic heterocycles. The van der Waals surface area contributed by atoms with E-state index in [0.29, 0.717) is 6.54 Å². The molecule has 0 unspecified atom stereocenters. The van der Waals surface area contributed by atoms with Crippen molar-refractivity contribution >= 4 is 17.2 Å². The van der Waals surface area contributed by atoms with Crippen molar-refractivity contribution in [3.8, 4) is 0 Å². The lowest BCUT2D eigenvalue weighted by atomic mass is 9.91. The largest absolute Gasteiger partial charge is 0.345 e. The SMILES string of the molecule is CCC(CC)(CN)NC(=O)c1csc2c1CCCC2. The molecule has 1 aliphatic carbocycles. The topological polar surface area (TPSA) is 55.1 Å². The van der Waals surface area contributed by atoms with E-state index in [1.54, 1.807) is 11.3 Å². The number of aryl methyl sites for hydroxylation is 1. The molecule has 2 rings (SSSR count). The third-order valence-corrected chi connectivity index (χ3v) is 5.52. The number of amides is 1. The molecule has 4 heteroatoms. The minimum atomic E-state index is -0.249. The summed E-state index contributed by atoms with van der Waals surface area (Å²) in [5, 5.41) is 5.20. The van der Waals surface area contributed by atoms with Gasteiger partial charge in [0.05, 0.1) is 11.1 Å². The van der Waals surface area contributed by atoms with Gasteiger partial charge in [0.1, 0.15) is 0 Å². The lowest BCUT2D eigenvalue weighted by Crippen LogP contribution is -2.53. The van der Waals surface area contributed by atoms with Crippen molar-refractivity contribution in [2.45, 2.75) is 57.9 Å². The Labute approximate surface area is 119 Å². The van der Waals surface area contributed by atoms with Crippen LogP contribution in [0.3, 0.4) is 0 Å². The number of hydrogen-bond acceptors (Lipinski definition) is 3. The molecule has 3 nitrogen and oxygen atoms in total. The Balaban J connectivity index is 2.18. The van der Waals surface area contributed by atoms with Crippen LogP contribution in [0.25, 0.3) is 0 Å². The van der Waals surface area contributed by atoms with Crippen molar-refractivity contribution < 1.29 is 4.79 Å². The predicted octanol–water partition coefficient (Wildman–Crippen LogP) is 2.87. The third kappa shape index (κ3) is 2.84. The van der Waals surface area contributed by atoms with Gasteiger partial charge < -0.3 is 11.1 Å². The normalized spacial score (nSPS) is 15.1. The van der Waals surface area contributed by atoms with Gasteiger partial charge in [0.15, 0.2) is 0 Å². The van der Waals surface area contributed by atoms with E-state index in [1.807, 2.05) is 5.38 Å². The fraction of sp³-hybridized carbons (Fsp3) is 0.667. The molecule has 0 saturated carbocycles. The second-order valence-electron chi connectivity index (χ2n) is 5.40. The summed E-state index contributed by atoms with van der Waals surface area (Å²) in [6, 6.07) is 0. The number of carbonyl (C=O) groups is 1. The summed E-state index contributed by atoms with van der Waals surface area (Å²) in [4.78, 5) is 13.9. The summed E-state index contributed by atoms with van der Waals surface area (Å²) >= 11 is 1.74. The van der Waals surface area contributed by atoms with Crippen LogP contribution in [-0.4, -0.2) is 18.0 Å². The van der Waals surface area contributed by atoms with Crippen molar-refractivity contribution in [2.75, 3.05) is 6.54 Å². The zero-order chi connectivity index (χ0) is 13.9. The number of nitrogens with one attached hydrogen (secondary N) is 1. The van der Waals surface area contributed by atoms with Crippen LogP contribution >= 0.6 is 11.3 Å². The number of carbonyl (C=O) groups excluding carboxylic acids is 1. The monoisotopic (exact) mass is 280 g/mol. The maximum absolute atomic E-state index is 12.5. The van der Waals surface area contributed by atoms with Gasteiger partial charge >= 0.3 is 0 Å². The van der Waals surface area contributed by atoms with E-state index in [1.165, 1.54) is 23.3 Å². The molecule has 0 spiro atoms. The zero-order valence-corrected chi connectivity index (χ0v) is 12.7. The van der Waals surface area contributed by atoms with Crippen LogP contribution in [0.1, 0.15) is 60.3 Å². The van der Waals surface area contributed by atoms with Crippen LogP contribution in [0.4, 0.5) is 0 Å². The molecular formula is C15H24N2OS. The van der Waals surface area contributed by atoms with Gasteiger partial charge in [-0.2, -0.15) is 0 Å². The molecular weight excluding hydrogens is 256 g/mol. The maximum Gasteiger partial charge on any atom is 0.252 e. The van der Waals surface area contributed by atoms with Crippen LogP contribution in [0, 0.1) is 0 Å². The number of nitrogens with two attached hydrogens (primary N) is 1. The van der Waals surface area contributed by atoms with Crippen molar-refractivity contribution in [1.29, 1.82) is 0 Å². The van der Waals surface area contributed by atoms with E-state index in [0.717, 1.165) is 31.2 Å². The van der Waals surface area contributed by atoms with Crippen LogP contribution in [-0.2, 0) is 12.8 Å². The molecule has 1 aliphatic rings. The number of hydrogen-bond donors (Lipinski definition) is 2. The average Bonchev–Trinajstić information content (AvgIpc) is 2.89. The standard InChI is InChI=1S/C15H24N2OS/c1-3-15(4-2,10-16)17-14(18)12-9-19-13-8-6-5-7-11(12)13/h9H,3-8,10,16H2,1-2H3,(H,17,18). The summed E-state index contributed by atoms with van der Waals surface area (Å²) in [5.41, 5.74) is 7.78. The molecule has 19 heavy (non-hydrogen) atoms. The molecule has 0 fully saturated rings. The highest BCUT2D eigenvalue weighted by molar-refractivity contribution is 7.10. The second kappa shape index (κ2) is 6.06. The van der Waals surface area contributed by atoms with Gasteiger partial charge in [-0.05, 0) is 44.1 Å². The Kier molecular flexibility index (Phi) is 4.63. The van der Waals surface area contributed by atoms with Crippen molar-refractivity contribution in [1.82, 2.24) is 5.32 Å². The minimum absolute atomic E-state index is 0.0635. The summed E-state index contributed by atoms with van der Waals surface area (Å²) < 4.78 is 0. The second-order valence-corrected chi connectivity index (χ2v) is 6.37. The summed E-state index contributed by atoms with van der Waals surface area (Å²) in [6.45, 7) is 4.66. The highest BCUT2D eigenvalue weighted by Gasteiger charge is 2.29. The first-order chi connectivity index (χ1) is 9.15. The van der Waals surface area contributed by atoms with E-state index in [9.17, 15) is 4.79 Å². The Morgan fingerprint density at radius 1 is 1.37 bits per heavy atom. The van der Waals surface area contributed by atoms with Crippen LogP contribution in [0.15, 0.2) is 5.38 Å². The Hall–Kier alpha value is -0.870. The van der Waals surface area contributed by atoms with Gasteiger partial charge in [0.2, 0.25) is 0 Å². The fourth-order valence-corrected chi connectivity index (χ4v) is 3.88. The van der Waals surface area contributed by atoms with E-state index >= 15 is 0 Å². The molecule has 106 valence electrons. The number of thiophene rings is 1. The lowest BCUT2D eigenvalue weighted by molar-refractivity contribution is 0.0894. The smallest absolute Gasteiger partial charge is 0.252 e. The van der Waals surface area contributed by atoms with Crippen LogP contribution in [0.2, 0.25) is 0 Å². The Morgan fingerprint density at radius 3 is 2.68 bits per heavy atom. The van der Waals surface area contributed by atoms with Crippen molar-refractivity contribution in [3.05, 3.63) is 21.4 Å². The first kappa shape index (κ1) is 14.5. The highest BCUT2D eigenvalue weighted by atomic mass is 32.1. The first-order valence-corrected chi connectivity index (χ1v) is 8.15. The molecule has 0 atom stereocenters. The van der Waals surface area contributed by atoms with E-state index in [4.69, 9.17) is 5.73 Å². The van der Waals surface area contributed by atoms with E-state index in [-0.39, 0.29) is 11.4 Å². The van der Waals surface area contributed by atoms with Crippen molar-refractivity contribution in [2.24, 2.45) is 5.73 Å². The predicted molar refractivity (Wildman–Crippen MR) is 80.8 cm³/mol. The molecule has 1 heterocycles. The summed E-state index contributed by atoms with van der Waals surface area (Å²) in [6.07, 6.45) is 6.39. The zero-order valence-electron chi connectivity index (χ0n) is 11.9. The Bertz CT molecular complexity index is 441. The summed E-state index contributed by atoms with van der Waals surface area (Å²) in [7, 11) is 0. The molecule has 1 amide bonds. The van der Waals surface area contributed by atoms with Gasteiger partial charge in [-0.1, -0.05) is 13.8 Å². The molecule has 0 aliphatic heterocycles. The number of fused-ring (bicyclic) bond motifs is 1. The fourth-order valence-electron chi connectivity index (χ4n) is 2.76. The van der Waals surface area contributed by atoms with E-state index < -0.39 is 0 Å². The first-order valence-electron chi connectivity index (χ1n) is 7.27. The average molecular weight is 280 g/mol. The molecule has 1 aromatic rings. The maximum atomic E-state index is 12.5. The van der Waals surface area contributed by atoms with Crippen LogP contribution < -0.4 is 11.1 Å². The van der Waals surface area contributed by atoms with Gasteiger partial charge in [-0.25, -0.2) is 0 Å². The van der Waals surface area contributed by atoms with Gasteiger partial charge in [0, 0.05) is 16.8 Å². The Morgan fingerprint density at radius 2 is 2.05 bits per heavy atom. The molecule has 0 saturated heterocycles. The number of rotatable bonds is 5.